The van der Waals surface area contributed by atoms with Crippen LogP contribution in [0.2, 0.25) is 0 Å². The molecule has 2 rings (SSSR count). The molecule has 0 spiro atoms. The fourth-order valence-electron chi connectivity index (χ4n) is 2.53. The van der Waals surface area contributed by atoms with Crippen LogP contribution in [0.5, 0.6) is 5.75 Å². The van der Waals surface area contributed by atoms with Gasteiger partial charge in [-0.1, -0.05) is 0 Å². The molecule has 1 saturated heterocycles. The molecule has 2 N–H and O–H groups in total. The Labute approximate surface area is 138 Å². The van der Waals surface area contributed by atoms with Crippen LogP contribution in [-0.2, 0) is 4.79 Å². The molecule has 1 aliphatic heterocycles. The van der Waals surface area contributed by atoms with Gasteiger partial charge in [-0.05, 0) is 25.8 Å². The van der Waals surface area contributed by atoms with Crippen LogP contribution in [0.3, 0.4) is 0 Å². The molecular weight excluding hydrogens is 318 g/mol. The van der Waals surface area contributed by atoms with Gasteiger partial charge in [0.15, 0.2) is 0 Å². The number of piperidine rings is 1. The highest BCUT2D eigenvalue weighted by Crippen LogP contribution is 2.30. The number of anilines is 1. The number of hydrogen-bond donors (Lipinski definition) is 2. The number of hydrogen-bond acceptors (Lipinski definition) is 5. The Bertz CT molecular complexity index is 640. The summed E-state index contributed by atoms with van der Waals surface area (Å²) in [6.45, 7) is 2.76. The van der Waals surface area contributed by atoms with Gasteiger partial charge >= 0.3 is 12.0 Å². The number of nitro benzene ring substituents is 1. The van der Waals surface area contributed by atoms with Crippen molar-refractivity contribution in [1.29, 1.82) is 0 Å². The number of carbonyl (C=O) groups excluding carboxylic acids is 1. The van der Waals surface area contributed by atoms with E-state index in [-0.39, 0.29) is 11.4 Å². The highest BCUT2D eigenvalue weighted by Gasteiger charge is 2.27. The molecule has 1 heterocycles. The zero-order valence-electron chi connectivity index (χ0n) is 13.2. The number of nitrogens with one attached hydrogen (secondary N) is 1. The van der Waals surface area contributed by atoms with Gasteiger partial charge in [0, 0.05) is 25.2 Å². The molecule has 0 aliphatic carbocycles. The third-order valence-corrected chi connectivity index (χ3v) is 3.85. The molecule has 0 atom stereocenters. The smallest absolute Gasteiger partial charge is 0.321 e. The van der Waals surface area contributed by atoms with E-state index in [0.29, 0.717) is 38.3 Å². The van der Waals surface area contributed by atoms with Gasteiger partial charge < -0.3 is 20.1 Å². The quantitative estimate of drug-likeness (QED) is 0.628. The molecule has 2 amide bonds. The first-order valence-electron chi connectivity index (χ1n) is 7.62. The molecule has 0 saturated carbocycles. The number of carboxylic acid groups (broad SMARTS) is 1. The van der Waals surface area contributed by atoms with Crippen molar-refractivity contribution < 1.29 is 24.4 Å². The Morgan fingerprint density at radius 1 is 1.42 bits per heavy atom. The maximum Gasteiger partial charge on any atom is 0.321 e. The number of amides is 2. The van der Waals surface area contributed by atoms with E-state index >= 15 is 0 Å². The van der Waals surface area contributed by atoms with Crippen LogP contribution in [0.25, 0.3) is 0 Å². The monoisotopic (exact) mass is 337 g/mol. The topological polar surface area (TPSA) is 122 Å². The van der Waals surface area contributed by atoms with Crippen LogP contribution in [0, 0.1) is 16.0 Å². The van der Waals surface area contributed by atoms with E-state index in [1.165, 1.54) is 23.1 Å². The van der Waals surface area contributed by atoms with Crippen molar-refractivity contribution in [2.75, 3.05) is 25.0 Å². The van der Waals surface area contributed by atoms with E-state index < -0.39 is 22.8 Å². The zero-order chi connectivity index (χ0) is 17.7. The van der Waals surface area contributed by atoms with E-state index in [1.54, 1.807) is 6.92 Å². The van der Waals surface area contributed by atoms with E-state index in [1.807, 2.05) is 0 Å². The van der Waals surface area contributed by atoms with Crippen molar-refractivity contribution in [1.82, 2.24) is 4.90 Å². The van der Waals surface area contributed by atoms with Gasteiger partial charge in [0.2, 0.25) is 0 Å². The van der Waals surface area contributed by atoms with Gasteiger partial charge in [0.05, 0.1) is 23.1 Å². The lowest BCUT2D eigenvalue weighted by Crippen LogP contribution is -2.42. The van der Waals surface area contributed by atoms with Crippen molar-refractivity contribution in [2.24, 2.45) is 5.92 Å². The highest BCUT2D eigenvalue weighted by molar-refractivity contribution is 5.91. The van der Waals surface area contributed by atoms with Gasteiger partial charge in [0.25, 0.3) is 5.69 Å². The minimum absolute atomic E-state index is 0.154. The summed E-state index contributed by atoms with van der Waals surface area (Å²) in [6, 6.07) is 3.56. The minimum atomic E-state index is -0.854. The van der Waals surface area contributed by atoms with Gasteiger partial charge in [0.1, 0.15) is 5.75 Å². The second kappa shape index (κ2) is 7.62. The number of carbonyl (C=O) groups is 2. The molecule has 0 bridgehead atoms. The summed E-state index contributed by atoms with van der Waals surface area (Å²) >= 11 is 0. The van der Waals surface area contributed by atoms with E-state index in [0.717, 1.165) is 0 Å². The Balaban J connectivity index is 2.09. The first kappa shape index (κ1) is 17.5. The van der Waals surface area contributed by atoms with E-state index in [2.05, 4.69) is 5.32 Å². The first-order valence-corrected chi connectivity index (χ1v) is 7.62. The number of likely N-dealkylation sites (tertiary alicyclic amines) is 1. The number of nitrogens with zero attached hydrogens (tertiary/aromatic N) is 2. The van der Waals surface area contributed by atoms with Gasteiger partial charge in [-0.2, -0.15) is 0 Å². The summed E-state index contributed by atoms with van der Waals surface area (Å²) in [5.41, 5.74) is 0.0646. The maximum absolute atomic E-state index is 12.3. The van der Waals surface area contributed by atoms with Crippen LogP contribution in [-0.4, -0.2) is 46.6 Å². The molecule has 1 fully saturated rings. The number of non-ortho nitro benzene ring substituents is 1. The number of rotatable bonds is 5. The fraction of sp³-hybridized carbons (Fsp3) is 0.467. The van der Waals surface area contributed by atoms with Crippen LogP contribution < -0.4 is 10.1 Å². The molecule has 0 unspecified atom stereocenters. The van der Waals surface area contributed by atoms with Crippen molar-refractivity contribution in [3.05, 3.63) is 28.3 Å². The fourth-order valence-corrected chi connectivity index (χ4v) is 2.53. The molecule has 0 aromatic heterocycles. The number of ether oxygens (including phenoxy) is 1. The molecule has 1 aromatic carbocycles. The lowest BCUT2D eigenvalue weighted by molar-refractivity contribution is -0.384. The number of nitro groups is 1. The van der Waals surface area contributed by atoms with Crippen LogP contribution in [0.1, 0.15) is 19.8 Å². The lowest BCUT2D eigenvalue weighted by atomic mass is 9.97. The van der Waals surface area contributed by atoms with Crippen molar-refractivity contribution >= 4 is 23.4 Å². The van der Waals surface area contributed by atoms with Gasteiger partial charge in [-0.3, -0.25) is 14.9 Å². The molecule has 1 aromatic rings. The normalized spacial score (nSPS) is 15.0. The first-order chi connectivity index (χ1) is 11.4. The average Bonchev–Trinajstić information content (AvgIpc) is 2.56. The molecule has 9 nitrogen and oxygen atoms in total. The summed E-state index contributed by atoms with van der Waals surface area (Å²) in [5.74, 6) is -0.949. The summed E-state index contributed by atoms with van der Waals surface area (Å²) in [7, 11) is 0. The maximum atomic E-state index is 12.3. The number of carboxylic acids is 1. The van der Waals surface area contributed by atoms with Gasteiger partial charge in [-0.25, -0.2) is 4.79 Å². The second-order valence-corrected chi connectivity index (χ2v) is 5.40. The van der Waals surface area contributed by atoms with Crippen molar-refractivity contribution in [3.8, 4) is 5.75 Å². The third-order valence-electron chi connectivity index (χ3n) is 3.85. The standard InChI is InChI=1S/C15H19N3O6/c1-2-24-13-4-3-11(18(22)23)9-12(13)16-15(21)17-7-5-10(6-8-17)14(19)20/h3-4,9-10H,2,5-8H2,1H3,(H,16,21)(H,19,20). The Morgan fingerprint density at radius 2 is 2.08 bits per heavy atom. The molecule has 9 heteroatoms. The Morgan fingerprint density at radius 3 is 2.62 bits per heavy atom. The van der Waals surface area contributed by atoms with E-state index in [4.69, 9.17) is 9.84 Å². The summed E-state index contributed by atoms with van der Waals surface area (Å²) in [4.78, 5) is 35.1. The van der Waals surface area contributed by atoms with Crippen LogP contribution in [0.4, 0.5) is 16.2 Å². The van der Waals surface area contributed by atoms with Gasteiger partial charge in [-0.15, -0.1) is 0 Å². The highest BCUT2D eigenvalue weighted by atomic mass is 16.6. The van der Waals surface area contributed by atoms with Crippen LogP contribution >= 0.6 is 0 Å². The summed E-state index contributed by atoms with van der Waals surface area (Å²) in [5, 5.41) is 22.5. The Hall–Kier alpha value is -2.84. The summed E-state index contributed by atoms with van der Waals surface area (Å²) < 4.78 is 5.37. The largest absolute Gasteiger partial charge is 0.492 e. The predicted molar refractivity (Wildman–Crippen MR) is 85.2 cm³/mol. The molecular formula is C15H19N3O6. The average molecular weight is 337 g/mol. The summed E-state index contributed by atoms with van der Waals surface area (Å²) in [6.07, 6.45) is 0.770. The predicted octanol–water partition coefficient (Wildman–Crippen LogP) is 2.32. The molecule has 24 heavy (non-hydrogen) atoms. The van der Waals surface area contributed by atoms with E-state index in [9.17, 15) is 19.7 Å². The SMILES string of the molecule is CCOc1ccc([N+](=O)[O-])cc1NC(=O)N1CCC(C(=O)O)CC1. The molecule has 1 aliphatic rings. The minimum Gasteiger partial charge on any atom is -0.492 e. The Kier molecular flexibility index (Phi) is 5.56. The zero-order valence-corrected chi connectivity index (χ0v) is 13.2. The number of urea groups is 1. The van der Waals surface area contributed by atoms with Crippen LogP contribution in [0.15, 0.2) is 18.2 Å². The lowest BCUT2D eigenvalue weighted by Gasteiger charge is -2.30. The molecule has 130 valence electrons. The molecule has 0 radical (unpaired) electrons. The third kappa shape index (κ3) is 4.12. The number of benzene rings is 1. The number of aliphatic carboxylic acids is 1. The second-order valence-electron chi connectivity index (χ2n) is 5.40. The van der Waals surface area contributed by atoms with Crippen molar-refractivity contribution in [2.45, 2.75) is 19.8 Å². The van der Waals surface area contributed by atoms with Crippen molar-refractivity contribution in [3.63, 3.8) is 0 Å².